The molecule has 0 fully saturated rings. The van der Waals surface area contributed by atoms with E-state index in [2.05, 4.69) is 15.3 Å². The van der Waals surface area contributed by atoms with E-state index in [0.717, 1.165) is 6.07 Å². The molecule has 1 N–H and O–H groups in total. The minimum atomic E-state index is -4.67. The predicted octanol–water partition coefficient (Wildman–Crippen LogP) is 7.55. The van der Waals surface area contributed by atoms with Gasteiger partial charge < -0.3 is 10.1 Å². The summed E-state index contributed by atoms with van der Waals surface area (Å²) in [5, 5.41) is 2.69. The summed E-state index contributed by atoms with van der Waals surface area (Å²) in [6, 6.07) is 12.7. The molecule has 0 aliphatic carbocycles. The predicted molar refractivity (Wildman–Crippen MR) is 112 cm³/mol. The van der Waals surface area contributed by atoms with Gasteiger partial charge in [0.25, 0.3) is 0 Å². The van der Waals surface area contributed by atoms with Gasteiger partial charge in [-0.15, -0.1) is 0 Å². The SMILES string of the molecule is Fc1sc(Nc2ccc(Oc3ccc(Cl)cc3)c(C(F)(F)F)c2)nc1-c1cccnc1. The van der Waals surface area contributed by atoms with Gasteiger partial charge >= 0.3 is 6.18 Å². The fourth-order valence-corrected chi connectivity index (χ4v) is 3.57. The Kier molecular flexibility index (Phi) is 5.79. The van der Waals surface area contributed by atoms with Crippen molar-refractivity contribution in [3.63, 3.8) is 0 Å². The van der Waals surface area contributed by atoms with Crippen LogP contribution < -0.4 is 10.1 Å². The van der Waals surface area contributed by atoms with Crippen molar-refractivity contribution in [1.82, 2.24) is 9.97 Å². The fraction of sp³-hybridized carbons (Fsp3) is 0.0476. The maximum absolute atomic E-state index is 14.3. The number of halogens is 5. The van der Waals surface area contributed by atoms with Gasteiger partial charge in [0.1, 0.15) is 22.8 Å². The zero-order valence-corrected chi connectivity index (χ0v) is 17.0. The van der Waals surface area contributed by atoms with Crippen LogP contribution in [0.3, 0.4) is 0 Å². The molecule has 0 saturated heterocycles. The second kappa shape index (κ2) is 8.52. The first-order valence-electron chi connectivity index (χ1n) is 8.78. The summed E-state index contributed by atoms with van der Waals surface area (Å²) >= 11 is 6.47. The van der Waals surface area contributed by atoms with Gasteiger partial charge in [-0.1, -0.05) is 22.9 Å². The Morgan fingerprint density at radius 3 is 2.48 bits per heavy atom. The van der Waals surface area contributed by atoms with Gasteiger partial charge in [-0.3, -0.25) is 4.98 Å². The minimum absolute atomic E-state index is 0.0688. The molecule has 10 heteroatoms. The molecular formula is C21H12ClF4N3OS. The maximum Gasteiger partial charge on any atom is 0.420 e. The van der Waals surface area contributed by atoms with Crippen LogP contribution in [0.25, 0.3) is 11.3 Å². The minimum Gasteiger partial charge on any atom is -0.457 e. The van der Waals surface area contributed by atoms with Crippen molar-refractivity contribution in [2.45, 2.75) is 6.18 Å². The second-order valence-electron chi connectivity index (χ2n) is 6.27. The van der Waals surface area contributed by atoms with Crippen LogP contribution in [0.15, 0.2) is 67.0 Å². The number of pyridine rings is 1. The van der Waals surface area contributed by atoms with E-state index in [4.69, 9.17) is 16.3 Å². The number of thiazole rings is 1. The number of nitrogens with one attached hydrogen (secondary N) is 1. The number of hydrogen-bond donors (Lipinski definition) is 1. The highest BCUT2D eigenvalue weighted by molar-refractivity contribution is 7.14. The van der Waals surface area contributed by atoms with Crippen molar-refractivity contribution in [2.75, 3.05) is 5.32 Å². The largest absolute Gasteiger partial charge is 0.457 e. The van der Waals surface area contributed by atoms with Gasteiger partial charge in [-0.25, -0.2) is 4.98 Å². The highest BCUT2D eigenvalue weighted by atomic mass is 35.5. The number of benzene rings is 2. The number of hydrogen-bond acceptors (Lipinski definition) is 5. The fourth-order valence-electron chi connectivity index (χ4n) is 2.71. The van der Waals surface area contributed by atoms with E-state index in [-0.39, 0.29) is 28.0 Å². The van der Waals surface area contributed by atoms with Crippen LogP contribution in [-0.2, 0) is 6.18 Å². The second-order valence-corrected chi connectivity index (χ2v) is 7.66. The molecule has 0 radical (unpaired) electrons. The topological polar surface area (TPSA) is 47.0 Å². The molecule has 0 unspecified atom stereocenters. The molecule has 0 aliphatic heterocycles. The molecule has 0 aliphatic rings. The Hall–Kier alpha value is -3.17. The summed E-state index contributed by atoms with van der Waals surface area (Å²) in [6.07, 6.45) is -1.68. The Morgan fingerprint density at radius 2 is 1.81 bits per heavy atom. The summed E-state index contributed by atoms with van der Waals surface area (Å²) in [6.45, 7) is 0. The van der Waals surface area contributed by atoms with E-state index in [1.807, 2.05) is 0 Å². The van der Waals surface area contributed by atoms with Crippen LogP contribution in [0, 0.1) is 5.13 Å². The summed E-state index contributed by atoms with van der Waals surface area (Å²) in [4.78, 5) is 8.05. The summed E-state index contributed by atoms with van der Waals surface area (Å²) in [5.74, 6) is -0.166. The molecule has 2 heterocycles. The average molecular weight is 466 g/mol. The average Bonchev–Trinajstić information content (AvgIpc) is 3.10. The number of ether oxygens (including phenoxy) is 1. The molecule has 4 rings (SSSR count). The van der Waals surface area contributed by atoms with Crippen LogP contribution in [-0.4, -0.2) is 9.97 Å². The van der Waals surface area contributed by atoms with E-state index in [9.17, 15) is 17.6 Å². The highest BCUT2D eigenvalue weighted by Crippen LogP contribution is 2.41. The first kappa shape index (κ1) is 21.1. The van der Waals surface area contributed by atoms with Gasteiger partial charge in [0.05, 0.1) is 0 Å². The van der Waals surface area contributed by atoms with Crippen molar-refractivity contribution in [3.8, 4) is 22.8 Å². The standard InChI is InChI=1S/C21H12ClF4N3OS/c22-13-3-6-15(7-4-13)30-17-8-5-14(10-16(17)21(24,25)26)28-20-29-18(19(23)31-20)12-2-1-9-27-11-12/h1-11H,(H,28,29). The van der Waals surface area contributed by atoms with Gasteiger partial charge in [-0.05, 0) is 54.6 Å². The van der Waals surface area contributed by atoms with E-state index in [1.165, 1.54) is 42.6 Å². The van der Waals surface area contributed by atoms with Crippen molar-refractivity contribution in [2.24, 2.45) is 0 Å². The first-order chi connectivity index (χ1) is 14.8. The van der Waals surface area contributed by atoms with Crippen molar-refractivity contribution >= 4 is 33.8 Å². The zero-order chi connectivity index (χ0) is 22.0. The molecule has 4 nitrogen and oxygen atoms in total. The number of alkyl halides is 3. The molecule has 4 aromatic rings. The third kappa shape index (κ3) is 4.95. The lowest BCUT2D eigenvalue weighted by Crippen LogP contribution is -2.08. The van der Waals surface area contributed by atoms with E-state index < -0.39 is 16.9 Å². The lowest BCUT2D eigenvalue weighted by molar-refractivity contribution is -0.138. The van der Waals surface area contributed by atoms with Crippen molar-refractivity contribution in [1.29, 1.82) is 0 Å². The Bertz CT molecular complexity index is 1200. The molecular weight excluding hydrogens is 454 g/mol. The monoisotopic (exact) mass is 465 g/mol. The van der Waals surface area contributed by atoms with Gasteiger partial charge in [-0.2, -0.15) is 17.6 Å². The van der Waals surface area contributed by atoms with Gasteiger partial charge in [0, 0.05) is 28.7 Å². The quantitative estimate of drug-likeness (QED) is 0.309. The molecule has 158 valence electrons. The molecule has 0 bridgehead atoms. The van der Waals surface area contributed by atoms with Crippen LogP contribution >= 0.6 is 22.9 Å². The first-order valence-corrected chi connectivity index (χ1v) is 9.97. The Labute approximate surface area is 183 Å². The van der Waals surface area contributed by atoms with Crippen LogP contribution in [0.1, 0.15) is 5.56 Å². The number of nitrogens with zero attached hydrogens (tertiary/aromatic N) is 2. The molecule has 0 atom stereocenters. The summed E-state index contributed by atoms with van der Waals surface area (Å²) < 4.78 is 60.5. The van der Waals surface area contributed by atoms with Gasteiger partial charge in [0.15, 0.2) is 5.13 Å². The molecule has 0 spiro atoms. The van der Waals surface area contributed by atoms with E-state index >= 15 is 0 Å². The van der Waals surface area contributed by atoms with Gasteiger partial charge in [0.2, 0.25) is 5.13 Å². The molecule has 0 saturated carbocycles. The molecule has 2 aromatic carbocycles. The Balaban J connectivity index is 1.62. The van der Waals surface area contributed by atoms with Crippen molar-refractivity contribution < 1.29 is 22.3 Å². The summed E-state index contributed by atoms with van der Waals surface area (Å²) in [7, 11) is 0. The lowest BCUT2D eigenvalue weighted by atomic mass is 10.1. The third-order valence-corrected chi connectivity index (χ3v) is 5.11. The van der Waals surface area contributed by atoms with Crippen molar-refractivity contribution in [3.05, 3.63) is 82.7 Å². The lowest BCUT2D eigenvalue weighted by Gasteiger charge is -2.15. The van der Waals surface area contributed by atoms with E-state index in [1.54, 1.807) is 18.3 Å². The zero-order valence-electron chi connectivity index (χ0n) is 15.5. The number of rotatable bonds is 5. The molecule has 2 aromatic heterocycles. The summed E-state index contributed by atoms with van der Waals surface area (Å²) in [5.41, 5.74) is -0.370. The molecule has 31 heavy (non-hydrogen) atoms. The van der Waals surface area contributed by atoms with Crippen LogP contribution in [0.2, 0.25) is 5.02 Å². The smallest absolute Gasteiger partial charge is 0.420 e. The molecule has 0 amide bonds. The van der Waals surface area contributed by atoms with E-state index in [0.29, 0.717) is 21.9 Å². The Morgan fingerprint density at radius 1 is 1.03 bits per heavy atom. The number of anilines is 2. The van der Waals surface area contributed by atoms with Crippen LogP contribution in [0.4, 0.5) is 28.4 Å². The van der Waals surface area contributed by atoms with Crippen LogP contribution in [0.5, 0.6) is 11.5 Å². The normalized spacial score (nSPS) is 11.4. The highest BCUT2D eigenvalue weighted by Gasteiger charge is 2.35. The third-order valence-electron chi connectivity index (χ3n) is 4.10. The number of aromatic nitrogens is 2. The maximum atomic E-state index is 14.3.